The maximum absolute atomic E-state index is 13.5. The van der Waals surface area contributed by atoms with Gasteiger partial charge in [-0.2, -0.15) is 8.78 Å². The second-order valence-corrected chi connectivity index (χ2v) is 8.63. The average molecular weight is 552 g/mol. The van der Waals surface area contributed by atoms with Crippen LogP contribution in [0.3, 0.4) is 0 Å². The monoisotopic (exact) mass is 552 g/mol. The molecule has 3 aromatic carbocycles. The largest absolute Gasteiger partial charge is 0.457 e. The number of hydrogen-bond donors (Lipinski definition) is 0. The molecule has 3 rings (SSSR count). The minimum Gasteiger partial charge on any atom is -0.457 e. The normalized spacial score (nSPS) is 13.4. The van der Waals surface area contributed by atoms with E-state index in [1.165, 1.54) is 0 Å². The third kappa shape index (κ3) is 6.90. The SMILES string of the molecule is CCC(C)(COCc1cccc(Oc2ccccc2)c1)c1ccc(OC(F)(F)CI)cc1. The number of para-hydroxylation sites is 1. The Morgan fingerprint density at radius 1 is 0.844 bits per heavy atom. The molecule has 0 N–H and O–H groups in total. The quantitative estimate of drug-likeness (QED) is 0.180. The highest BCUT2D eigenvalue weighted by molar-refractivity contribution is 14.1. The van der Waals surface area contributed by atoms with Crippen LogP contribution in [0.25, 0.3) is 0 Å². The molecule has 0 aliphatic heterocycles. The fourth-order valence-electron chi connectivity index (χ4n) is 3.23. The van der Waals surface area contributed by atoms with Crippen molar-refractivity contribution in [3.05, 3.63) is 90.0 Å². The Morgan fingerprint density at radius 3 is 2.19 bits per heavy atom. The molecule has 0 radical (unpaired) electrons. The lowest BCUT2D eigenvalue weighted by Gasteiger charge is -2.29. The standard InChI is InChI=1S/C26H27F2IO3/c1-3-25(2,21-12-14-23(15-13-21)32-26(27,28)18-29)19-30-17-20-8-7-11-24(16-20)31-22-9-5-4-6-10-22/h4-16H,3,17-19H2,1-2H3. The van der Waals surface area contributed by atoms with E-state index in [4.69, 9.17) is 14.2 Å². The molecule has 3 aromatic rings. The van der Waals surface area contributed by atoms with Crippen LogP contribution in [-0.4, -0.2) is 17.1 Å². The molecular formula is C26H27F2IO3. The molecule has 0 aromatic heterocycles. The molecule has 0 heterocycles. The van der Waals surface area contributed by atoms with Crippen molar-refractivity contribution >= 4 is 22.6 Å². The fraction of sp³-hybridized carbons (Fsp3) is 0.308. The van der Waals surface area contributed by atoms with Gasteiger partial charge in [-0.25, -0.2) is 0 Å². The van der Waals surface area contributed by atoms with Crippen molar-refractivity contribution in [3.8, 4) is 17.2 Å². The lowest BCUT2D eigenvalue weighted by Crippen LogP contribution is -2.28. The Bertz CT molecular complexity index is 980. The summed E-state index contributed by atoms with van der Waals surface area (Å²) in [5.74, 6) is 1.70. The zero-order valence-electron chi connectivity index (χ0n) is 18.2. The summed E-state index contributed by atoms with van der Waals surface area (Å²) in [4.78, 5) is 0. The summed E-state index contributed by atoms with van der Waals surface area (Å²) in [6.07, 6.45) is -2.33. The Hall–Kier alpha value is -2.19. The van der Waals surface area contributed by atoms with Crippen LogP contribution in [0.2, 0.25) is 0 Å². The summed E-state index contributed by atoms with van der Waals surface area (Å²) in [6, 6.07) is 24.3. The molecule has 0 saturated carbocycles. The van der Waals surface area contributed by atoms with E-state index >= 15 is 0 Å². The third-order valence-corrected chi connectivity index (χ3v) is 6.21. The Balaban J connectivity index is 1.59. The molecule has 1 unspecified atom stereocenters. The van der Waals surface area contributed by atoms with Gasteiger partial charge in [0.25, 0.3) is 0 Å². The second kappa shape index (κ2) is 11.1. The second-order valence-electron chi connectivity index (χ2n) is 7.87. The van der Waals surface area contributed by atoms with Gasteiger partial charge in [0.1, 0.15) is 21.7 Å². The summed E-state index contributed by atoms with van der Waals surface area (Å²) in [5.41, 5.74) is 1.79. The number of ether oxygens (including phenoxy) is 3. The van der Waals surface area contributed by atoms with Gasteiger partial charge in [0.2, 0.25) is 0 Å². The minimum absolute atomic E-state index is 0.157. The average Bonchev–Trinajstić information content (AvgIpc) is 2.80. The molecule has 0 fully saturated rings. The predicted molar refractivity (Wildman–Crippen MR) is 131 cm³/mol. The van der Waals surface area contributed by atoms with E-state index in [2.05, 4.69) is 13.8 Å². The Labute approximate surface area is 201 Å². The van der Waals surface area contributed by atoms with Crippen LogP contribution < -0.4 is 9.47 Å². The van der Waals surface area contributed by atoms with Gasteiger partial charge in [-0.05, 0) is 53.9 Å². The van der Waals surface area contributed by atoms with E-state index < -0.39 is 10.5 Å². The van der Waals surface area contributed by atoms with Gasteiger partial charge in [0, 0.05) is 5.41 Å². The molecule has 0 saturated heterocycles. The highest BCUT2D eigenvalue weighted by Gasteiger charge is 2.30. The maximum atomic E-state index is 13.5. The van der Waals surface area contributed by atoms with Gasteiger partial charge < -0.3 is 14.2 Å². The molecule has 0 amide bonds. The first-order chi connectivity index (χ1) is 15.3. The van der Waals surface area contributed by atoms with Crippen molar-refractivity contribution in [3.63, 3.8) is 0 Å². The van der Waals surface area contributed by atoms with E-state index in [1.807, 2.05) is 66.7 Å². The predicted octanol–water partition coefficient (Wildman–Crippen LogP) is 7.77. The van der Waals surface area contributed by atoms with Crippen LogP contribution in [0.4, 0.5) is 8.78 Å². The van der Waals surface area contributed by atoms with Gasteiger partial charge >= 0.3 is 6.11 Å². The molecule has 3 nitrogen and oxygen atoms in total. The first-order valence-corrected chi connectivity index (χ1v) is 12.0. The summed E-state index contributed by atoms with van der Waals surface area (Å²) >= 11 is 1.61. The van der Waals surface area contributed by atoms with Crippen LogP contribution in [0.1, 0.15) is 31.4 Å². The number of halogens is 3. The van der Waals surface area contributed by atoms with Gasteiger partial charge in [-0.3, -0.25) is 0 Å². The Morgan fingerprint density at radius 2 is 1.53 bits per heavy atom. The molecule has 0 aliphatic carbocycles. The number of alkyl halides is 3. The molecule has 170 valence electrons. The lowest BCUT2D eigenvalue weighted by atomic mass is 9.81. The molecule has 0 spiro atoms. The third-order valence-electron chi connectivity index (χ3n) is 5.32. The molecular weight excluding hydrogens is 525 g/mol. The van der Waals surface area contributed by atoms with E-state index in [0.717, 1.165) is 29.0 Å². The summed E-state index contributed by atoms with van der Waals surface area (Å²) in [5, 5.41) is 0. The van der Waals surface area contributed by atoms with Crippen LogP contribution >= 0.6 is 22.6 Å². The van der Waals surface area contributed by atoms with Gasteiger partial charge in [0.15, 0.2) is 0 Å². The van der Waals surface area contributed by atoms with Crippen molar-refractivity contribution in [1.82, 2.24) is 0 Å². The van der Waals surface area contributed by atoms with Crippen LogP contribution in [0.15, 0.2) is 78.9 Å². The minimum atomic E-state index is -3.17. The van der Waals surface area contributed by atoms with Crippen molar-refractivity contribution in [2.24, 2.45) is 0 Å². The maximum Gasteiger partial charge on any atom is 0.407 e. The van der Waals surface area contributed by atoms with Gasteiger partial charge in [-0.15, -0.1) is 0 Å². The van der Waals surface area contributed by atoms with Crippen molar-refractivity contribution in [2.45, 2.75) is 38.4 Å². The topological polar surface area (TPSA) is 27.7 Å². The zero-order valence-corrected chi connectivity index (χ0v) is 20.4. The molecule has 0 bridgehead atoms. The first-order valence-electron chi connectivity index (χ1n) is 10.5. The molecule has 1 atom stereocenters. The van der Waals surface area contributed by atoms with Crippen molar-refractivity contribution < 1.29 is 23.0 Å². The molecule has 6 heteroatoms. The van der Waals surface area contributed by atoms with Crippen LogP contribution in [0, 0.1) is 0 Å². The summed E-state index contributed by atoms with van der Waals surface area (Å²) in [7, 11) is 0. The van der Waals surface area contributed by atoms with Gasteiger partial charge in [-0.1, -0.05) is 78.9 Å². The first kappa shape index (κ1) is 24.5. The highest BCUT2D eigenvalue weighted by atomic mass is 127. The number of hydrogen-bond acceptors (Lipinski definition) is 3. The Kier molecular flexibility index (Phi) is 8.48. The van der Waals surface area contributed by atoms with E-state index in [1.54, 1.807) is 34.7 Å². The number of rotatable bonds is 11. The van der Waals surface area contributed by atoms with E-state index in [0.29, 0.717) is 13.2 Å². The van der Waals surface area contributed by atoms with Crippen molar-refractivity contribution in [1.29, 1.82) is 0 Å². The fourth-order valence-corrected chi connectivity index (χ4v) is 3.39. The smallest absolute Gasteiger partial charge is 0.407 e. The zero-order chi connectivity index (χ0) is 23.0. The van der Waals surface area contributed by atoms with Crippen molar-refractivity contribution in [2.75, 3.05) is 11.0 Å². The number of benzene rings is 3. The van der Waals surface area contributed by atoms with Gasteiger partial charge in [0.05, 0.1) is 13.2 Å². The summed E-state index contributed by atoms with van der Waals surface area (Å²) in [6.45, 7) is 5.14. The van der Waals surface area contributed by atoms with Crippen LogP contribution in [-0.2, 0) is 16.8 Å². The highest BCUT2D eigenvalue weighted by Crippen LogP contribution is 2.31. The lowest BCUT2D eigenvalue weighted by molar-refractivity contribution is -0.151. The van der Waals surface area contributed by atoms with E-state index in [-0.39, 0.29) is 11.2 Å². The van der Waals surface area contributed by atoms with Crippen LogP contribution in [0.5, 0.6) is 17.2 Å². The molecule has 32 heavy (non-hydrogen) atoms. The van der Waals surface area contributed by atoms with E-state index in [9.17, 15) is 8.78 Å². The summed E-state index contributed by atoms with van der Waals surface area (Å²) < 4.78 is 43.2. The molecule has 0 aliphatic rings.